The monoisotopic (exact) mass is 352 g/mol. The van der Waals surface area contributed by atoms with Gasteiger partial charge in [0.2, 0.25) is 5.91 Å². The van der Waals surface area contributed by atoms with Gasteiger partial charge in [-0.05, 0) is 38.3 Å². The summed E-state index contributed by atoms with van der Waals surface area (Å²) in [6.07, 6.45) is 7.06. The van der Waals surface area contributed by atoms with E-state index < -0.39 is 0 Å². The molecule has 0 unspecified atom stereocenters. The molecule has 3 heterocycles. The molecule has 2 aliphatic heterocycles. The quantitative estimate of drug-likeness (QED) is 0.830. The normalized spacial score (nSPS) is 25.4. The molecule has 0 radical (unpaired) electrons. The third-order valence-electron chi connectivity index (χ3n) is 6.08. The highest BCUT2D eigenvalue weighted by Gasteiger charge is 2.47. The molecule has 0 bridgehead atoms. The summed E-state index contributed by atoms with van der Waals surface area (Å²) in [6.45, 7) is 4.68. The SMILES string of the molecule is CCn1ccnc1CN(C)C(=O)[C@@H]1C[C@H](c2ccccc2)N2CCC[C@@H]12. The van der Waals surface area contributed by atoms with E-state index in [9.17, 15) is 4.79 Å². The largest absolute Gasteiger partial charge is 0.338 e. The lowest BCUT2D eigenvalue weighted by atomic mass is 9.93. The maximum absolute atomic E-state index is 13.3. The van der Waals surface area contributed by atoms with Crippen molar-refractivity contribution in [2.75, 3.05) is 13.6 Å². The van der Waals surface area contributed by atoms with E-state index in [2.05, 4.69) is 51.7 Å². The van der Waals surface area contributed by atoms with Gasteiger partial charge in [0.25, 0.3) is 0 Å². The third-order valence-corrected chi connectivity index (χ3v) is 6.08. The number of imidazole rings is 1. The van der Waals surface area contributed by atoms with Crippen LogP contribution in [0.15, 0.2) is 42.7 Å². The maximum atomic E-state index is 13.3. The smallest absolute Gasteiger partial charge is 0.227 e. The Kier molecular flexibility index (Phi) is 4.81. The fourth-order valence-corrected chi connectivity index (χ4v) is 4.79. The van der Waals surface area contributed by atoms with Crippen LogP contribution in [-0.4, -0.2) is 44.9 Å². The van der Waals surface area contributed by atoms with Gasteiger partial charge in [-0.25, -0.2) is 4.98 Å². The number of nitrogens with zero attached hydrogens (tertiary/aromatic N) is 4. The van der Waals surface area contributed by atoms with Crippen LogP contribution >= 0.6 is 0 Å². The lowest BCUT2D eigenvalue weighted by Gasteiger charge is -2.26. The van der Waals surface area contributed by atoms with E-state index in [-0.39, 0.29) is 11.8 Å². The molecule has 1 aromatic heterocycles. The summed E-state index contributed by atoms with van der Waals surface area (Å²) in [5.74, 6) is 1.33. The minimum Gasteiger partial charge on any atom is -0.338 e. The highest BCUT2D eigenvalue weighted by atomic mass is 16.2. The molecule has 26 heavy (non-hydrogen) atoms. The van der Waals surface area contributed by atoms with E-state index in [1.807, 2.05) is 24.3 Å². The van der Waals surface area contributed by atoms with Crippen LogP contribution in [0.4, 0.5) is 0 Å². The van der Waals surface area contributed by atoms with Gasteiger partial charge in [0.05, 0.1) is 12.5 Å². The van der Waals surface area contributed by atoms with Crippen molar-refractivity contribution < 1.29 is 4.79 Å². The molecular formula is C21H28N4O. The van der Waals surface area contributed by atoms with Crippen molar-refractivity contribution in [3.05, 3.63) is 54.1 Å². The van der Waals surface area contributed by atoms with Gasteiger partial charge in [-0.1, -0.05) is 30.3 Å². The summed E-state index contributed by atoms with van der Waals surface area (Å²) in [5.41, 5.74) is 1.35. The predicted octanol–water partition coefficient (Wildman–Crippen LogP) is 3.09. The fraction of sp³-hybridized carbons (Fsp3) is 0.524. The predicted molar refractivity (Wildman–Crippen MR) is 101 cm³/mol. The number of hydrogen-bond acceptors (Lipinski definition) is 3. The standard InChI is InChI=1S/C21H28N4O/c1-3-24-13-11-22-20(24)15-23(2)21(26)17-14-19(16-8-5-4-6-9-16)25-12-7-10-18(17)25/h4-6,8-9,11,13,17-19H,3,7,10,12,14-15H2,1-2H3/t17-,18+,19-/m1/s1. The molecule has 2 aromatic rings. The Balaban J connectivity index is 1.50. The summed E-state index contributed by atoms with van der Waals surface area (Å²) in [7, 11) is 1.92. The van der Waals surface area contributed by atoms with Crippen LogP contribution in [0.3, 0.4) is 0 Å². The van der Waals surface area contributed by atoms with E-state index in [1.54, 1.807) is 0 Å². The number of carbonyl (C=O) groups excluding carboxylic acids is 1. The van der Waals surface area contributed by atoms with Crippen molar-refractivity contribution in [3.8, 4) is 0 Å². The highest BCUT2D eigenvalue weighted by molar-refractivity contribution is 5.80. The lowest BCUT2D eigenvalue weighted by Crippen LogP contribution is -2.38. The van der Waals surface area contributed by atoms with Gasteiger partial charge in [0, 0.05) is 38.1 Å². The molecule has 1 amide bonds. The van der Waals surface area contributed by atoms with Crippen LogP contribution < -0.4 is 0 Å². The number of carbonyl (C=O) groups is 1. The van der Waals surface area contributed by atoms with Crippen molar-refractivity contribution in [3.63, 3.8) is 0 Å². The molecule has 138 valence electrons. The van der Waals surface area contributed by atoms with E-state index in [0.717, 1.165) is 31.8 Å². The van der Waals surface area contributed by atoms with E-state index in [4.69, 9.17) is 0 Å². The molecule has 0 spiro atoms. The molecule has 2 fully saturated rings. The number of fused-ring (bicyclic) bond motifs is 1. The van der Waals surface area contributed by atoms with Crippen molar-refractivity contribution >= 4 is 5.91 Å². The molecule has 5 heteroatoms. The molecule has 0 saturated carbocycles. The van der Waals surface area contributed by atoms with Crippen molar-refractivity contribution in [2.45, 2.75) is 51.4 Å². The Morgan fingerprint density at radius 1 is 1.31 bits per heavy atom. The summed E-state index contributed by atoms with van der Waals surface area (Å²) in [4.78, 5) is 22.1. The van der Waals surface area contributed by atoms with Gasteiger partial charge in [-0.2, -0.15) is 0 Å². The van der Waals surface area contributed by atoms with Crippen LogP contribution in [0.1, 0.15) is 43.6 Å². The zero-order valence-electron chi connectivity index (χ0n) is 15.7. The molecule has 2 saturated heterocycles. The Hall–Kier alpha value is -2.14. The molecule has 5 nitrogen and oxygen atoms in total. The number of amides is 1. The van der Waals surface area contributed by atoms with Gasteiger partial charge >= 0.3 is 0 Å². The van der Waals surface area contributed by atoms with E-state index in [0.29, 0.717) is 18.6 Å². The lowest BCUT2D eigenvalue weighted by molar-refractivity contribution is -0.135. The molecule has 3 atom stereocenters. The summed E-state index contributed by atoms with van der Waals surface area (Å²) in [6, 6.07) is 11.4. The number of hydrogen-bond donors (Lipinski definition) is 0. The maximum Gasteiger partial charge on any atom is 0.227 e. The van der Waals surface area contributed by atoms with Crippen LogP contribution in [0.2, 0.25) is 0 Å². The van der Waals surface area contributed by atoms with Crippen LogP contribution in [-0.2, 0) is 17.9 Å². The Morgan fingerprint density at radius 3 is 2.88 bits per heavy atom. The second-order valence-corrected chi connectivity index (χ2v) is 7.54. The zero-order valence-corrected chi connectivity index (χ0v) is 15.7. The van der Waals surface area contributed by atoms with Gasteiger partial charge in [0.15, 0.2) is 0 Å². The third kappa shape index (κ3) is 3.05. The molecule has 1 aromatic carbocycles. The van der Waals surface area contributed by atoms with Crippen LogP contribution in [0, 0.1) is 5.92 Å². The number of rotatable bonds is 5. The summed E-state index contributed by atoms with van der Waals surface area (Å²) < 4.78 is 2.10. The molecule has 0 N–H and O–H groups in total. The van der Waals surface area contributed by atoms with E-state index >= 15 is 0 Å². The Bertz CT molecular complexity index is 756. The Morgan fingerprint density at radius 2 is 2.12 bits per heavy atom. The van der Waals surface area contributed by atoms with E-state index in [1.165, 1.54) is 12.0 Å². The van der Waals surface area contributed by atoms with Gasteiger partial charge in [0.1, 0.15) is 5.82 Å². The number of aromatic nitrogens is 2. The van der Waals surface area contributed by atoms with Gasteiger partial charge in [-0.15, -0.1) is 0 Å². The summed E-state index contributed by atoms with van der Waals surface area (Å²) in [5, 5.41) is 0. The molecule has 4 rings (SSSR count). The number of benzene rings is 1. The average molecular weight is 352 g/mol. The first kappa shape index (κ1) is 17.3. The van der Waals surface area contributed by atoms with Crippen molar-refractivity contribution in [1.82, 2.24) is 19.4 Å². The highest BCUT2D eigenvalue weighted by Crippen LogP contribution is 2.45. The first-order valence-electron chi connectivity index (χ1n) is 9.74. The second-order valence-electron chi connectivity index (χ2n) is 7.54. The van der Waals surface area contributed by atoms with Gasteiger partial charge < -0.3 is 9.47 Å². The minimum atomic E-state index is 0.0951. The zero-order chi connectivity index (χ0) is 18.1. The Labute approximate surface area is 155 Å². The minimum absolute atomic E-state index is 0.0951. The average Bonchev–Trinajstić information content (AvgIpc) is 3.38. The molecule has 0 aliphatic carbocycles. The number of aryl methyl sites for hydroxylation is 1. The topological polar surface area (TPSA) is 41.4 Å². The molecular weight excluding hydrogens is 324 g/mol. The van der Waals surface area contributed by atoms with Gasteiger partial charge in [-0.3, -0.25) is 9.69 Å². The van der Waals surface area contributed by atoms with Crippen LogP contribution in [0.25, 0.3) is 0 Å². The second kappa shape index (κ2) is 7.23. The first-order chi connectivity index (χ1) is 12.7. The van der Waals surface area contributed by atoms with Crippen molar-refractivity contribution in [2.24, 2.45) is 5.92 Å². The van der Waals surface area contributed by atoms with Crippen LogP contribution in [0.5, 0.6) is 0 Å². The summed E-state index contributed by atoms with van der Waals surface area (Å²) >= 11 is 0. The fourth-order valence-electron chi connectivity index (χ4n) is 4.79. The first-order valence-corrected chi connectivity index (χ1v) is 9.74. The van der Waals surface area contributed by atoms with Crippen molar-refractivity contribution in [1.29, 1.82) is 0 Å². The molecule has 2 aliphatic rings.